The largest absolute Gasteiger partial charge is 0.452 e. The summed E-state index contributed by atoms with van der Waals surface area (Å²) in [5, 5.41) is 6.67. The van der Waals surface area contributed by atoms with Crippen LogP contribution in [-0.4, -0.2) is 23.6 Å². The predicted molar refractivity (Wildman–Crippen MR) is 112 cm³/mol. The smallest absolute Gasteiger partial charge is 0.339 e. The molecule has 0 aliphatic rings. The van der Waals surface area contributed by atoms with Crippen LogP contribution in [0.1, 0.15) is 34.3 Å². The Morgan fingerprint density at radius 1 is 1.14 bits per heavy atom. The van der Waals surface area contributed by atoms with E-state index in [1.165, 1.54) is 17.3 Å². The number of aromatic nitrogens is 1. The van der Waals surface area contributed by atoms with Gasteiger partial charge in [-0.1, -0.05) is 36.3 Å². The number of hydrogen-bond donors (Lipinski definition) is 1. The summed E-state index contributed by atoms with van der Waals surface area (Å²) in [7, 11) is 0. The summed E-state index contributed by atoms with van der Waals surface area (Å²) in [5.74, 6) is 0.381. The van der Waals surface area contributed by atoms with Crippen molar-refractivity contribution >= 4 is 29.3 Å². The lowest BCUT2D eigenvalue weighted by molar-refractivity contribution is -0.119. The summed E-state index contributed by atoms with van der Waals surface area (Å²) in [6.07, 6.45) is 0.930. The number of benzene rings is 2. The zero-order valence-corrected chi connectivity index (χ0v) is 17.1. The minimum absolute atomic E-state index is 0.351. The zero-order chi connectivity index (χ0) is 20.6. The normalized spacial score (nSPS) is 10.6. The van der Waals surface area contributed by atoms with Crippen molar-refractivity contribution in [1.82, 2.24) is 5.16 Å². The van der Waals surface area contributed by atoms with Crippen LogP contribution >= 0.6 is 11.8 Å². The molecule has 1 aromatic heterocycles. The number of ether oxygens (including phenoxy) is 1. The van der Waals surface area contributed by atoms with Crippen LogP contribution in [0.3, 0.4) is 0 Å². The van der Waals surface area contributed by atoms with Crippen LogP contribution < -0.4 is 5.32 Å². The van der Waals surface area contributed by atoms with Crippen molar-refractivity contribution in [3.63, 3.8) is 0 Å². The Morgan fingerprint density at radius 2 is 1.90 bits per heavy atom. The van der Waals surface area contributed by atoms with Crippen molar-refractivity contribution in [2.45, 2.75) is 30.9 Å². The first-order valence-electron chi connectivity index (χ1n) is 9.25. The summed E-state index contributed by atoms with van der Waals surface area (Å²) in [6, 6.07) is 16.5. The molecule has 0 unspecified atom stereocenters. The predicted octanol–water partition coefficient (Wildman–Crippen LogP) is 4.63. The third-order valence-electron chi connectivity index (χ3n) is 4.14. The molecule has 0 spiro atoms. The summed E-state index contributed by atoms with van der Waals surface area (Å²) in [4.78, 5) is 25.3. The van der Waals surface area contributed by atoms with Gasteiger partial charge in [-0.3, -0.25) is 4.79 Å². The number of carbonyl (C=O) groups is 2. The Balaban J connectivity index is 1.55. The summed E-state index contributed by atoms with van der Waals surface area (Å²) in [6.45, 7) is 3.54. The Kier molecular flexibility index (Phi) is 7.08. The van der Waals surface area contributed by atoms with E-state index in [9.17, 15) is 9.59 Å². The van der Waals surface area contributed by atoms with Gasteiger partial charge in [0.05, 0.1) is 11.3 Å². The number of nitrogens with zero attached hydrogens (tertiary/aromatic N) is 1. The third kappa shape index (κ3) is 5.96. The number of carbonyl (C=O) groups excluding carboxylic acids is 2. The van der Waals surface area contributed by atoms with E-state index in [1.54, 1.807) is 12.1 Å². The van der Waals surface area contributed by atoms with Crippen molar-refractivity contribution in [3.8, 4) is 0 Å². The lowest BCUT2D eigenvalue weighted by atomic mass is 10.1. The van der Waals surface area contributed by atoms with E-state index in [4.69, 9.17) is 9.26 Å². The van der Waals surface area contributed by atoms with Crippen LogP contribution in [0.25, 0.3) is 0 Å². The molecule has 0 saturated carbocycles. The molecule has 0 atom stereocenters. The Hall–Kier alpha value is -3.06. The van der Waals surface area contributed by atoms with Crippen LogP contribution in [0.15, 0.2) is 64.0 Å². The highest BCUT2D eigenvalue weighted by atomic mass is 32.2. The summed E-state index contributed by atoms with van der Waals surface area (Å²) < 4.78 is 10.3. The molecular weight excluding hydrogens is 388 g/mol. The Labute approximate surface area is 173 Å². The van der Waals surface area contributed by atoms with Crippen LogP contribution in [0.4, 0.5) is 5.69 Å². The fraction of sp³-hybridized carbons (Fsp3) is 0.227. The van der Waals surface area contributed by atoms with Crippen molar-refractivity contribution in [2.75, 3.05) is 11.9 Å². The molecule has 0 aliphatic heterocycles. The number of amides is 1. The average Bonchev–Trinajstić information content (AvgIpc) is 3.16. The van der Waals surface area contributed by atoms with Crippen LogP contribution in [0, 0.1) is 6.92 Å². The van der Waals surface area contributed by atoms with Crippen molar-refractivity contribution in [3.05, 3.63) is 77.2 Å². The van der Waals surface area contributed by atoms with Gasteiger partial charge >= 0.3 is 5.97 Å². The van der Waals surface area contributed by atoms with E-state index in [1.807, 2.05) is 49.4 Å². The molecule has 0 saturated heterocycles. The number of esters is 1. The van der Waals surface area contributed by atoms with Gasteiger partial charge in [0, 0.05) is 22.4 Å². The number of aryl methyl sites for hydroxylation is 2. The second-order valence-electron chi connectivity index (χ2n) is 6.39. The van der Waals surface area contributed by atoms with Gasteiger partial charge in [0.15, 0.2) is 6.61 Å². The topological polar surface area (TPSA) is 81.4 Å². The fourth-order valence-electron chi connectivity index (χ4n) is 2.63. The minimum Gasteiger partial charge on any atom is -0.452 e. The molecule has 2 aromatic carbocycles. The van der Waals surface area contributed by atoms with E-state index in [0.29, 0.717) is 17.0 Å². The van der Waals surface area contributed by atoms with Crippen LogP contribution in [0.2, 0.25) is 0 Å². The van der Waals surface area contributed by atoms with Crippen molar-refractivity contribution in [1.29, 1.82) is 0 Å². The molecule has 0 bridgehead atoms. The quantitative estimate of drug-likeness (QED) is 0.431. The van der Waals surface area contributed by atoms with Gasteiger partial charge < -0.3 is 14.6 Å². The maximum atomic E-state index is 12.5. The standard InChI is InChI=1S/C22H22N2O4S/c1-3-16-8-10-17(11-9-16)23-21(25)13-27-22(26)19-6-4-5-7-20(19)29-14-18-12-15(2)28-24-18/h4-12H,3,13-14H2,1-2H3,(H,23,25). The highest BCUT2D eigenvalue weighted by Gasteiger charge is 2.15. The first-order chi connectivity index (χ1) is 14.0. The molecule has 150 valence electrons. The monoisotopic (exact) mass is 410 g/mol. The molecule has 1 heterocycles. The maximum Gasteiger partial charge on any atom is 0.339 e. The highest BCUT2D eigenvalue weighted by molar-refractivity contribution is 7.98. The van der Waals surface area contributed by atoms with Gasteiger partial charge in [0.1, 0.15) is 5.76 Å². The molecule has 7 heteroatoms. The van der Waals surface area contributed by atoms with Gasteiger partial charge in [-0.15, -0.1) is 11.8 Å². The molecular formula is C22H22N2O4S. The first-order valence-corrected chi connectivity index (χ1v) is 10.2. The third-order valence-corrected chi connectivity index (χ3v) is 5.25. The molecule has 0 fully saturated rings. The number of hydrogen-bond acceptors (Lipinski definition) is 6. The number of anilines is 1. The van der Waals surface area contributed by atoms with E-state index in [2.05, 4.69) is 17.4 Å². The summed E-state index contributed by atoms with van der Waals surface area (Å²) >= 11 is 1.46. The molecule has 1 N–H and O–H groups in total. The number of rotatable bonds is 8. The number of thioether (sulfide) groups is 1. The Morgan fingerprint density at radius 3 is 2.59 bits per heavy atom. The molecule has 1 amide bonds. The van der Waals surface area contributed by atoms with Crippen molar-refractivity contribution in [2.24, 2.45) is 0 Å². The van der Waals surface area contributed by atoms with Gasteiger partial charge in [-0.25, -0.2) is 4.79 Å². The van der Waals surface area contributed by atoms with E-state index < -0.39 is 5.97 Å². The lowest BCUT2D eigenvalue weighted by Crippen LogP contribution is -2.21. The molecule has 6 nitrogen and oxygen atoms in total. The van der Waals surface area contributed by atoms with E-state index in [-0.39, 0.29) is 12.5 Å². The fourth-order valence-corrected chi connectivity index (χ4v) is 3.55. The molecule has 29 heavy (non-hydrogen) atoms. The van der Waals surface area contributed by atoms with E-state index >= 15 is 0 Å². The van der Waals surface area contributed by atoms with Gasteiger partial charge in [0.25, 0.3) is 5.91 Å². The SMILES string of the molecule is CCc1ccc(NC(=O)COC(=O)c2ccccc2SCc2cc(C)on2)cc1. The Bertz CT molecular complexity index is 982. The second-order valence-corrected chi connectivity index (χ2v) is 7.41. The highest BCUT2D eigenvalue weighted by Crippen LogP contribution is 2.26. The maximum absolute atomic E-state index is 12.5. The van der Waals surface area contributed by atoms with Gasteiger partial charge in [-0.2, -0.15) is 0 Å². The first kappa shape index (κ1) is 20.7. The summed E-state index contributed by atoms with van der Waals surface area (Å²) in [5.41, 5.74) is 3.06. The van der Waals surface area contributed by atoms with E-state index in [0.717, 1.165) is 22.8 Å². The van der Waals surface area contributed by atoms with Crippen molar-refractivity contribution < 1.29 is 18.8 Å². The number of nitrogens with one attached hydrogen (secondary N) is 1. The molecule has 0 aliphatic carbocycles. The second kappa shape index (κ2) is 9.93. The average molecular weight is 410 g/mol. The van der Waals surface area contributed by atoms with Crippen LogP contribution in [0.5, 0.6) is 0 Å². The molecule has 0 radical (unpaired) electrons. The minimum atomic E-state index is -0.541. The zero-order valence-electron chi connectivity index (χ0n) is 16.3. The lowest BCUT2D eigenvalue weighted by Gasteiger charge is -2.09. The van der Waals surface area contributed by atoms with Crippen LogP contribution in [-0.2, 0) is 21.7 Å². The van der Waals surface area contributed by atoms with Gasteiger partial charge in [-0.05, 0) is 43.2 Å². The molecule has 3 aromatic rings. The molecule has 3 rings (SSSR count). The van der Waals surface area contributed by atoms with Gasteiger partial charge in [0.2, 0.25) is 0 Å².